The van der Waals surface area contributed by atoms with Gasteiger partial charge in [-0.1, -0.05) is 6.08 Å². The number of carboxylic acids is 1. The van der Waals surface area contributed by atoms with Crippen LogP contribution in [0.4, 0.5) is 10.1 Å². The third-order valence-electron chi connectivity index (χ3n) is 5.41. The Kier molecular flexibility index (Phi) is 4.79. The first-order chi connectivity index (χ1) is 13.8. The van der Waals surface area contributed by atoms with Crippen molar-refractivity contribution in [2.45, 2.75) is 6.42 Å². The van der Waals surface area contributed by atoms with Crippen LogP contribution in [-0.4, -0.2) is 59.6 Å². The minimum atomic E-state index is -1.30. The molecule has 0 radical (unpaired) electrons. The molecule has 1 aliphatic carbocycles. The number of hydrogen-bond acceptors (Lipinski definition) is 5. The van der Waals surface area contributed by atoms with E-state index in [1.165, 1.54) is 24.4 Å². The van der Waals surface area contributed by atoms with Gasteiger partial charge in [0, 0.05) is 55.9 Å². The van der Waals surface area contributed by atoms with Crippen LogP contribution in [0.2, 0.25) is 0 Å². The Morgan fingerprint density at radius 2 is 1.86 bits per heavy atom. The lowest BCUT2D eigenvalue weighted by Gasteiger charge is -2.34. The molecule has 8 heteroatoms. The van der Waals surface area contributed by atoms with Crippen molar-refractivity contribution < 1.29 is 19.1 Å². The van der Waals surface area contributed by atoms with Gasteiger partial charge in [0.2, 0.25) is 0 Å². The maximum Gasteiger partial charge on any atom is 0.339 e. The van der Waals surface area contributed by atoms with Crippen LogP contribution in [0.5, 0.6) is 0 Å². The zero-order valence-corrected chi connectivity index (χ0v) is 15.9. The normalized spacial score (nSPS) is 18.0. The highest BCUT2D eigenvalue weighted by atomic mass is 19.1. The molecule has 0 unspecified atom stereocenters. The summed E-state index contributed by atoms with van der Waals surface area (Å²) in [7, 11) is 2.01. The number of ketones is 1. The maximum atomic E-state index is 14.8. The topological polar surface area (TPSA) is 82.8 Å². The molecule has 0 atom stereocenters. The number of aliphatic carboxylic acids is 1. The summed E-state index contributed by atoms with van der Waals surface area (Å²) in [6.45, 7) is 2.93. The van der Waals surface area contributed by atoms with Gasteiger partial charge in [-0.3, -0.25) is 9.59 Å². The number of rotatable bonds is 3. The lowest BCUT2D eigenvalue weighted by molar-refractivity contribution is -0.134. The minimum absolute atomic E-state index is 0.0480. The second-order valence-corrected chi connectivity index (χ2v) is 7.28. The van der Waals surface area contributed by atoms with Crippen molar-refractivity contribution in [2.75, 3.05) is 38.1 Å². The first kappa shape index (κ1) is 19.1. The summed E-state index contributed by atoms with van der Waals surface area (Å²) < 4.78 is 16.5. The van der Waals surface area contributed by atoms with E-state index in [0.29, 0.717) is 30.0 Å². The Bertz CT molecular complexity index is 1140. The largest absolute Gasteiger partial charge is 0.478 e. The number of piperazine rings is 1. The molecule has 7 nitrogen and oxygen atoms in total. The third kappa shape index (κ3) is 3.47. The number of fused-ring (bicyclic) bond motifs is 1. The lowest BCUT2D eigenvalue weighted by Crippen LogP contribution is -2.44. The monoisotopic (exact) mass is 397 g/mol. The fraction of sp³-hybridized carbons (Fsp3) is 0.286. The van der Waals surface area contributed by atoms with Crippen molar-refractivity contribution in [1.82, 2.24) is 9.47 Å². The zero-order valence-electron chi connectivity index (χ0n) is 15.9. The number of allylic oxidation sites excluding steroid dienone is 3. The smallest absolute Gasteiger partial charge is 0.339 e. The zero-order chi connectivity index (χ0) is 20.7. The third-order valence-corrected chi connectivity index (χ3v) is 5.41. The first-order valence-electron chi connectivity index (χ1n) is 9.32. The molecule has 1 fully saturated rings. The van der Waals surface area contributed by atoms with Gasteiger partial charge in [0.25, 0.3) is 0 Å². The number of benzene rings is 1. The average molecular weight is 397 g/mol. The van der Waals surface area contributed by atoms with Gasteiger partial charge in [0.1, 0.15) is 11.4 Å². The molecular formula is C21H20FN3O4. The highest BCUT2D eigenvalue weighted by Gasteiger charge is 2.23. The van der Waals surface area contributed by atoms with Crippen LogP contribution in [0.25, 0.3) is 16.6 Å². The molecule has 1 aromatic carbocycles. The summed E-state index contributed by atoms with van der Waals surface area (Å²) >= 11 is 0. The molecule has 0 saturated carbocycles. The number of anilines is 1. The van der Waals surface area contributed by atoms with Crippen LogP contribution in [-0.2, 0) is 9.59 Å². The van der Waals surface area contributed by atoms with Gasteiger partial charge in [-0.25, -0.2) is 9.18 Å². The quantitative estimate of drug-likeness (QED) is 0.795. The molecular weight excluding hydrogens is 377 g/mol. The van der Waals surface area contributed by atoms with E-state index in [-0.39, 0.29) is 22.8 Å². The van der Waals surface area contributed by atoms with E-state index in [2.05, 4.69) is 4.90 Å². The number of Topliss-reactive ketones (excluding diaryl/α,β-unsaturated/α-hetero) is 1. The summed E-state index contributed by atoms with van der Waals surface area (Å²) in [6, 6.07) is 4.17. The Labute approximate surface area is 165 Å². The molecule has 1 aliphatic heterocycles. The van der Waals surface area contributed by atoms with E-state index >= 15 is 0 Å². The fourth-order valence-electron chi connectivity index (χ4n) is 3.72. The summed E-state index contributed by atoms with van der Waals surface area (Å²) in [5.74, 6) is -2.24. The predicted molar refractivity (Wildman–Crippen MR) is 107 cm³/mol. The van der Waals surface area contributed by atoms with Crippen LogP contribution in [0.15, 0.2) is 46.9 Å². The van der Waals surface area contributed by atoms with Crippen molar-refractivity contribution >= 4 is 34.0 Å². The van der Waals surface area contributed by atoms with Gasteiger partial charge in [0.05, 0.1) is 11.2 Å². The van der Waals surface area contributed by atoms with E-state index in [1.54, 1.807) is 16.7 Å². The maximum absolute atomic E-state index is 14.8. The van der Waals surface area contributed by atoms with Crippen molar-refractivity contribution in [3.63, 3.8) is 0 Å². The van der Waals surface area contributed by atoms with Gasteiger partial charge in [-0.05, 0) is 25.3 Å². The molecule has 150 valence electrons. The number of aromatic nitrogens is 1. The number of nitrogens with zero attached hydrogens (tertiary/aromatic N) is 3. The predicted octanol–water partition coefficient (Wildman–Crippen LogP) is 1.72. The lowest BCUT2D eigenvalue weighted by atomic mass is 10.0. The molecule has 0 amide bonds. The van der Waals surface area contributed by atoms with Crippen molar-refractivity contribution in [3.8, 4) is 0 Å². The van der Waals surface area contributed by atoms with Gasteiger partial charge in [-0.15, -0.1) is 0 Å². The number of carboxylic acid groups (broad SMARTS) is 1. The number of hydrogen-bond donors (Lipinski definition) is 1. The summed E-state index contributed by atoms with van der Waals surface area (Å²) in [5, 5.41) is 9.47. The van der Waals surface area contributed by atoms with E-state index in [9.17, 15) is 23.9 Å². The highest BCUT2D eigenvalue weighted by Crippen LogP contribution is 2.28. The second-order valence-electron chi connectivity index (χ2n) is 7.28. The van der Waals surface area contributed by atoms with E-state index < -0.39 is 17.6 Å². The van der Waals surface area contributed by atoms with Gasteiger partial charge in [0.15, 0.2) is 11.2 Å². The van der Waals surface area contributed by atoms with Crippen molar-refractivity contribution in [1.29, 1.82) is 0 Å². The average Bonchev–Trinajstić information content (AvgIpc) is 2.69. The molecule has 2 heterocycles. The highest BCUT2D eigenvalue weighted by molar-refractivity contribution is 6.19. The molecule has 2 aliphatic rings. The van der Waals surface area contributed by atoms with Gasteiger partial charge in [-0.2, -0.15) is 0 Å². The molecule has 1 N–H and O–H groups in total. The van der Waals surface area contributed by atoms with E-state index in [4.69, 9.17) is 0 Å². The van der Waals surface area contributed by atoms with Gasteiger partial charge >= 0.3 is 5.97 Å². The molecule has 1 aromatic heterocycles. The Hall–Kier alpha value is -3.26. The molecule has 4 rings (SSSR count). The van der Waals surface area contributed by atoms with Gasteiger partial charge < -0.3 is 19.5 Å². The molecule has 0 spiro atoms. The van der Waals surface area contributed by atoms with E-state index in [1.807, 2.05) is 11.9 Å². The molecule has 2 aromatic rings. The number of carbonyl (C=O) groups is 2. The van der Waals surface area contributed by atoms with Crippen LogP contribution in [0.3, 0.4) is 0 Å². The minimum Gasteiger partial charge on any atom is -0.478 e. The fourth-order valence-corrected chi connectivity index (χ4v) is 3.72. The Morgan fingerprint density at radius 1 is 1.14 bits per heavy atom. The number of carbonyl (C=O) groups excluding carboxylic acids is 1. The Balaban J connectivity index is 1.86. The number of halogens is 1. The van der Waals surface area contributed by atoms with Crippen LogP contribution in [0.1, 0.15) is 6.42 Å². The molecule has 29 heavy (non-hydrogen) atoms. The van der Waals surface area contributed by atoms with Crippen LogP contribution >= 0.6 is 0 Å². The molecule has 0 bridgehead atoms. The second kappa shape index (κ2) is 7.29. The van der Waals surface area contributed by atoms with Crippen molar-refractivity contribution in [3.05, 3.63) is 58.2 Å². The van der Waals surface area contributed by atoms with E-state index in [0.717, 1.165) is 13.1 Å². The summed E-state index contributed by atoms with van der Waals surface area (Å²) in [5.41, 5.74) is 0.697. The van der Waals surface area contributed by atoms with Crippen LogP contribution < -0.4 is 10.3 Å². The first-order valence-corrected chi connectivity index (χ1v) is 9.32. The van der Waals surface area contributed by atoms with Crippen LogP contribution in [0, 0.1) is 5.82 Å². The Morgan fingerprint density at radius 3 is 2.55 bits per heavy atom. The summed E-state index contributed by atoms with van der Waals surface area (Å²) in [6.07, 6.45) is 4.37. The standard InChI is InChI=1S/C21H20FN3O4/c1-23-6-8-24(9-7-23)18-12-17-14(11-16(18)22)20(27)4-5-25(17)13-2-3-19(26)15(10-13)21(28)29/h2,4-5,10-12H,3,6-9H2,1H3,(H,28,29). The molecule has 1 saturated heterocycles. The number of pyridine rings is 1. The number of likely N-dealkylation sites (N-methyl/N-ethyl adjacent to an activating group) is 1. The summed E-state index contributed by atoms with van der Waals surface area (Å²) in [4.78, 5) is 39.6. The SMILES string of the molecule is CN1CCN(c2cc3c(cc2F)c(=O)ccn3C2=CCC(=O)C(C(=O)O)=C2)CC1. The van der Waals surface area contributed by atoms with Crippen molar-refractivity contribution in [2.24, 2.45) is 0 Å².